The zero-order valence-corrected chi connectivity index (χ0v) is 15.2. The Labute approximate surface area is 171 Å². The van der Waals surface area contributed by atoms with Gasteiger partial charge in [-0.05, 0) is 30.0 Å². The molecule has 5 heteroatoms. The summed E-state index contributed by atoms with van der Waals surface area (Å²) in [5.41, 5.74) is 1.99. The fourth-order valence-corrected chi connectivity index (χ4v) is 2.16. The van der Waals surface area contributed by atoms with Crippen LogP contribution in [-0.4, -0.2) is 9.97 Å². The number of hydrogen-bond donors (Lipinski definition) is 1. The molecule has 0 amide bonds. The third-order valence-corrected chi connectivity index (χ3v) is 3.36. The second-order valence-electron chi connectivity index (χ2n) is 5.34. The second-order valence-corrected chi connectivity index (χ2v) is 5.34. The van der Waals surface area contributed by atoms with E-state index in [9.17, 15) is 0 Å². The van der Waals surface area contributed by atoms with Gasteiger partial charge in [0.25, 0.3) is 0 Å². The maximum absolute atomic E-state index is 4.33. The zero-order chi connectivity index (χ0) is 17.9. The first kappa shape index (κ1) is 20.3. The van der Waals surface area contributed by atoms with Crippen LogP contribution in [0, 0.1) is 0 Å². The molecule has 0 saturated heterocycles. The van der Waals surface area contributed by atoms with Gasteiger partial charge in [0, 0.05) is 11.9 Å². The molecule has 2 aromatic heterocycles. The Morgan fingerprint density at radius 2 is 1.19 bits per heavy atom. The molecule has 27 heavy (non-hydrogen) atoms. The summed E-state index contributed by atoms with van der Waals surface area (Å²) in [5.74, 6) is 1.61. The zero-order valence-electron chi connectivity index (χ0n) is 15.2. The number of nitrogens with one attached hydrogen (secondary N) is 1. The number of rotatable bonds is 4. The average Bonchev–Trinajstić information content (AvgIpc) is 2.72. The van der Waals surface area contributed by atoms with Crippen molar-refractivity contribution in [3.8, 4) is 0 Å². The SMILES string of the molecule is [Li+].c1ccc(Nc2ccccn2)cc1.c1ccc([N-]c2ccccn2)cc1. The summed E-state index contributed by atoms with van der Waals surface area (Å²) in [5, 5.41) is 7.52. The largest absolute Gasteiger partial charge is 1.00 e. The van der Waals surface area contributed by atoms with Gasteiger partial charge in [-0.3, -0.25) is 0 Å². The third kappa shape index (κ3) is 7.37. The van der Waals surface area contributed by atoms with Crippen LogP contribution in [0.2, 0.25) is 0 Å². The number of nitrogens with zero attached hydrogens (tertiary/aromatic N) is 3. The molecule has 128 valence electrons. The minimum atomic E-state index is 0. The van der Waals surface area contributed by atoms with Crippen molar-refractivity contribution in [1.29, 1.82) is 0 Å². The van der Waals surface area contributed by atoms with E-state index in [0.29, 0.717) is 0 Å². The van der Waals surface area contributed by atoms with E-state index in [1.54, 1.807) is 12.4 Å². The van der Waals surface area contributed by atoms with E-state index in [0.717, 1.165) is 23.0 Å². The standard InChI is InChI=1S/C11H10N2.C11H9N2.Li/c2*1-2-6-10(7-3-1)13-11-8-4-5-9-12-11;/h1-9H,(H,12,13);1-9H;/q;-1;+1. The Morgan fingerprint density at radius 1 is 0.593 bits per heavy atom. The van der Waals surface area contributed by atoms with Crippen LogP contribution >= 0.6 is 0 Å². The molecular weight excluding hydrogens is 327 g/mol. The molecule has 0 bridgehead atoms. The van der Waals surface area contributed by atoms with E-state index < -0.39 is 0 Å². The van der Waals surface area contributed by atoms with Crippen molar-refractivity contribution in [2.24, 2.45) is 0 Å². The summed E-state index contributed by atoms with van der Waals surface area (Å²) >= 11 is 0. The van der Waals surface area contributed by atoms with E-state index in [4.69, 9.17) is 0 Å². The second kappa shape index (κ2) is 11.5. The van der Waals surface area contributed by atoms with Gasteiger partial charge in [-0.15, -0.1) is 0 Å². The van der Waals surface area contributed by atoms with Gasteiger partial charge in [-0.1, -0.05) is 84.8 Å². The van der Waals surface area contributed by atoms with Gasteiger partial charge in [0.2, 0.25) is 0 Å². The van der Waals surface area contributed by atoms with Crippen molar-refractivity contribution in [3.05, 3.63) is 115 Å². The summed E-state index contributed by atoms with van der Waals surface area (Å²) < 4.78 is 0. The summed E-state index contributed by atoms with van der Waals surface area (Å²) in [6.07, 6.45) is 3.51. The van der Waals surface area contributed by atoms with Crippen molar-refractivity contribution in [2.45, 2.75) is 0 Å². The van der Waals surface area contributed by atoms with E-state index in [1.807, 2.05) is 97.1 Å². The molecule has 4 nitrogen and oxygen atoms in total. The Hall–Kier alpha value is -3.06. The summed E-state index contributed by atoms with van der Waals surface area (Å²) in [6, 6.07) is 31.3. The molecular formula is C22H19LiN4. The molecule has 0 aliphatic heterocycles. The van der Waals surface area contributed by atoms with Gasteiger partial charge >= 0.3 is 18.9 Å². The van der Waals surface area contributed by atoms with Crippen LogP contribution in [0.15, 0.2) is 109 Å². The molecule has 0 fully saturated rings. The minimum Gasteiger partial charge on any atom is -0.443 e. The number of para-hydroxylation sites is 2. The Morgan fingerprint density at radius 3 is 1.78 bits per heavy atom. The Balaban J connectivity index is 0.000000187. The van der Waals surface area contributed by atoms with Crippen LogP contribution in [0.5, 0.6) is 0 Å². The van der Waals surface area contributed by atoms with E-state index in [1.165, 1.54) is 0 Å². The molecule has 0 saturated carbocycles. The first-order valence-electron chi connectivity index (χ1n) is 8.31. The van der Waals surface area contributed by atoms with Gasteiger partial charge in [-0.25, -0.2) is 4.98 Å². The van der Waals surface area contributed by atoms with E-state index >= 15 is 0 Å². The molecule has 0 unspecified atom stereocenters. The fraction of sp³-hybridized carbons (Fsp3) is 0. The predicted octanol–water partition coefficient (Wildman–Crippen LogP) is 3.25. The first-order chi connectivity index (χ1) is 12.9. The fourth-order valence-electron chi connectivity index (χ4n) is 2.16. The molecule has 0 aliphatic rings. The number of benzene rings is 2. The predicted molar refractivity (Wildman–Crippen MR) is 107 cm³/mol. The van der Waals surface area contributed by atoms with Crippen molar-refractivity contribution >= 4 is 23.0 Å². The van der Waals surface area contributed by atoms with Crippen LogP contribution < -0.4 is 24.2 Å². The maximum atomic E-state index is 4.33. The van der Waals surface area contributed by atoms with Crippen molar-refractivity contribution in [3.63, 3.8) is 0 Å². The van der Waals surface area contributed by atoms with E-state index in [2.05, 4.69) is 20.6 Å². The molecule has 0 radical (unpaired) electrons. The Bertz CT molecular complexity index is 721. The van der Waals surface area contributed by atoms with Gasteiger partial charge in [0.05, 0.1) is 0 Å². The molecule has 2 aromatic carbocycles. The minimum absolute atomic E-state index is 0. The van der Waals surface area contributed by atoms with Gasteiger partial charge in [0.1, 0.15) is 5.82 Å². The number of aromatic nitrogens is 2. The first-order valence-corrected chi connectivity index (χ1v) is 8.31. The van der Waals surface area contributed by atoms with Gasteiger partial charge in [0.15, 0.2) is 0 Å². The normalized spacial score (nSPS) is 9.19. The van der Waals surface area contributed by atoms with Crippen molar-refractivity contribution < 1.29 is 18.9 Å². The molecule has 1 N–H and O–H groups in total. The number of pyridine rings is 2. The molecule has 0 spiro atoms. The maximum Gasteiger partial charge on any atom is 1.00 e. The van der Waals surface area contributed by atoms with Gasteiger partial charge in [-0.2, -0.15) is 0 Å². The summed E-state index contributed by atoms with van der Waals surface area (Å²) in [6.45, 7) is 0. The smallest absolute Gasteiger partial charge is 0.443 e. The van der Waals surface area contributed by atoms with Crippen LogP contribution in [0.3, 0.4) is 0 Å². The van der Waals surface area contributed by atoms with E-state index in [-0.39, 0.29) is 18.9 Å². The number of hydrogen-bond acceptors (Lipinski definition) is 3. The average molecular weight is 346 g/mol. The molecule has 0 aliphatic carbocycles. The van der Waals surface area contributed by atoms with Crippen LogP contribution in [-0.2, 0) is 0 Å². The molecule has 4 rings (SSSR count). The van der Waals surface area contributed by atoms with Crippen LogP contribution in [0.1, 0.15) is 0 Å². The molecule has 4 aromatic rings. The van der Waals surface area contributed by atoms with Gasteiger partial charge < -0.3 is 15.6 Å². The topological polar surface area (TPSA) is 51.9 Å². The third-order valence-electron chi connectivity index (χ3n) is 3.36. The quantitative estimate of drug-likeness (QED) is 0.577. The summed E-state index contributed by atoms with van der Waals surface area (Å²) in [4.78, 5) is 8.27. The molecule has 2 heterocycles. The van der Waals surface area contributed by atoms with Crippen molar-refractivity contribution in [1.82, 2.24) is 9.97 Å². The van der Waals surface area contributed by atoms with Crippen LogP contribution in [0.25, 0.3) is 5.32 Å². The molecule has 0 atom stereocenters. The van der Waals surface area contributed by atoms with Crippen molar-refractivity contribution in [2.75, 3.05) is 5.32 Å². The number of anilines is 2. The Kier molecular flexibility index (Phi) is 8.65. The monoisotopic (exact) mass is 346 g/mol. The van der Waals surface area contributed by atoms with Crippen LogP contribution in [0.4, 0.5) is 23.0 Å². The summed E-state index contributed by atoms with van der Waals surface area (Å²) in [7, 11) is 0.